The third kappa shape index (κ3) is 1.45. The van der Waals surface area contributed by atoms with Gasteiger partial charge in [-0.05, 0) is 12.5 Å². The Labute approximate surface area is 99.3 Å². The summed E-state index contributed by atoms with van der Waals surface area (Å²) < 4.78 is 0. The van der Waals surface area contributed by atoms with Crippen molar-refractivity contribution in [3.05, 3.63) is 29.8 Å². The van der Waals surface area contributed by atoms with Crippen molar-refractivity contribution in [2.24, 2.45) is 9.98 Å². The number of fused-ring (bicyclic) bond motifs is 3. The summed E-state index contributed by atoms with van der Waals surface area (Å²) in [4.78, 5) is 12.5. The van der Waals surface area contributed by atoms with Gasteiger partial charge in [-0.3, -0.25) is 9.98 Å². The van der Waals surface area contributed by atoms with Gasteiger partial charge < -0.3 is 4.90 Å². The molecule has 0 amide bonds. The summed E-state index contributed by atoms with van der Waals surface area (Å²) in [6, 6.07) is 8.42. The Bertz CT molecular complexity index is 479. The second-order valence-corrected chi connectivity index (χ2v) is 4.82. The van der Waals surface area contributed by atoms with Gasteiger partial charge in [-0.1, -0.05) is 30.0 Å². The zero-order valence-electron chi connectivity index (χ0n) is 9.18. The fourth-order valence-electron chi connectivity index (χ4n) is 2.08. The highest BCUT2D eigenvalue weighted by atomic mass is 32.2. The lowest BCUT2D eigenvalue weighted by molar-refractivity contribution is 0.553. The van der Waals surface area contributed by atoms with Crippen LogP contribution in [0.4, 0.5) is 0 Å². The van der Waals surface area contributed by atoms with Gasteiger partial charge in [-0.25, -0.2) is 0 Å². The van der Waals surface area contributed by atoms with E-state index >= 15 is 0 Å². The quantitative estimate of drug-likeness (QED) is 0.685. The second kappa shape index (κ2) is 3.94. The normalized spacial score (nSPS) is 21.4. The number of rotatable bonds is 0. The van der Waals surface area contributed by atoms with E-state index in [2.05, 4.69) is 39.2 Å². The summed E-state index contributed by atoms with van der Waals surface area (Å²) in [6.07, 6.45) is 1.12. The lowest BCUT2D eigenvalue weighted by Gasteiger charge is -2.34. The molecule has 0 N–H and O–H groups in total. The highest BCUT2D eigenvalue weighted by Crippen LogP contribution is 2.33. The van der Waals surface area contributed by atoms with E-state index in [1.54, 1.807) is 11.8 Å². The Kier molecular flexibility index (Phi) is 2.44. The van der Waals surface area contributed by atoms with Gasteiger partial charge in [0.2, 0.25) is 0 Å². The number of hydrogen-bond acceptors (Lipinski definition) is 3. The van der Waals surface area contributed by atoms with Gasteiger partial charge in [0, 0.05) is 30.6 Å². The molecule has 3 nitrogen and oxygen atoms in total. The fourth-order valence-corrected chi connectivity index (χ4v) is 3.07. The van der Waals surface area contributed by atoms with Gasteiger partial charge in [-0.15, -0.1) is 0 Å². The van der Waals surface area contributed by atoms with Gasteiger partial charge in [0.15, 0.2) is 5.17 Å². The van der Waals surface area contributed by atoms with Gasteiger partial charge in [-0.2, -0.15) is 0 Å². The standard InChI is InChI=1S/C12H13N3S/c1-13-12-15-8-4-7-14-11(15)9-5-2-3-6-10(9)16-12/h2-3,5-6H,4,7-8H2,1H3. The molecule has 0 unspecified atom stereocenters. The van der Waals surface area contributed by atoms with Gasteiger partial charge in [0.1, 0.15) is 5.84 Å². The molecule has 0 fully saturated rings. The van der Waals surface area contributed by atoms with E-state index in [1.165, 1.54) is 10.5 Å². The van der Waals surface area contributed by atoms with E-state index in [-0.39, 0.29) is 0 Å². The largest absolute Gasteiger partial charge is 0.305 e. The molecule has 0 saturated heterocycles. The minimum atomic E-state index is 0.932. The summed E-state index contributed by atoms with van der Waals surface area (Å²) >= 11 is 1.74. The minimum Gasteiger partial charge on any atom is -0.305 e. The number of nitrogens with zero attached hydrogens (tertiary/aromatic N) is 3. The predicted molar refractivity (Wildman–Crippen MR) is 68.4 cm³/mol. The van der Waals surface area contributed by atoms with Gasteiger partial charge in [0.05, 0.1) is 0 Å². The lowest BCUT2D eigenvalue weighted by atomic mass is 10.1. The summed E-state index contributed by atoms with van der Waals surface area (Å²) in [5.41, 5.74) is 1.25. The topological polar surface area (TPSA) is 28.0 Å². The molecular weight excluding hydrogens is 218 g/mol. The summed E-state index contributed by atoms with van der Waals surface area (Å²) in [6.45, 7) is 1.97. The zero-order valence-corrected chi connectivity index (χ0v) is 10.00. The van der Waals surface area contributed by atoms with Crippen LogP contribution in [0.1, 0.15) is 12.0 Å². The molecule has 0 aliphatic carbocycles. The number of thioether (sulfide) groups is 1. The zero-order chi connectivity index (χ0) is 11.0. The van der Waals surface area contributed by atoms with Crippen molar-refractivity contribution >= 4 is 22.8 Å². The van der Waals surface area contributed by atoms with Gasteiger partial charge >= 0.3 is 0 Å². The molecule has 2 aliphatic heterocycles. The van der Waals surface area contributed by atoms with E-state index in [0.29, 0.717) is 0 Å². The Balaban J connectivity index is 2.17. The molecule has 2 heterocycles. The van der Waals surface area contributed by atoms with Crippen LogP contribution in [-0.2, 0) is 0 Å². The summed E-state index contributed by atoms with van der Waals surface area (Å²) in [5.74, 6) is 1.10. The van der Waals surface area contributed by atoms with E-state index < -0.39 is 0 Å². The average Bonchev–Trinajstić information content (AvgIpc) is 2.38. The average molecular weight is 231 g/mol. The van der Waals surface area contributed by atoms with Crippen LogP contribution in [0.15, 0.2) is 39.1 Å². The first-order valence-corrected chi connectivity index (χ1v) is 6.28. The van der Waals surface area contributed by atoms with Crippen LogP contribution >= 0.6 is 11.8 Å². The van der Waals surface area contributed by atoms with E-state index in [0.717, 1.165) is 30.5 Å². The van der Waals surface area contributed by atoms with Crippen molar-refractivity contribution in [2.45, 2.75) is 11.3 Å². The monoisotopic (exact) mass is 231 g/mol. The molecule has 0 atom stereocenters. The molecule has 0 bridgehead atoms. The fraction of sp³-hybridized carbons (Fsp3) is 0.333. The number of amidine groups is 2. The molecule has 0 spiro atoms. The van der Waals surface area contributed by atoms with Crippen molar-refractivity contribution in [1.29, 1.82) is 0 Å². The number of hydrogen-bond donors (Lipinski definition) is 0. The molecule has 2 aliphatic rings. The Morgan fingerprint density at radius 3 is 3.12 bits per heavy atom. The van der Waals surface area contributed by atoms with E-state index in [4.69, 9.17) is 0 Å². The van der Waals surface area contributed by atoms with Crippen molar-refractivity contribution in [1.82, 2.24) is 4.90 Å². The molecule has 1 aromatic rings. The molecule has 1 aromatic carbocycles. The molecular formula is C12H13N3S. The van der Waals surface area contributed by atoms with E-state index in [1.807, 2.05) is 7.05 Å². The Hall–Kier alpha value is -1.29. The minimum absolute atomic E-state index is 0.932. The predicted octanol–water partition coefficient (Wildman–Crippen LogP) is 2.23. The lowest BCUT2D eigenvalue weighted by Crippen LogP contribution is -2.42. The molecule has 82 valence electrons. The second-order valence-electron chi connectivity index (χ2n) is 3.81. The SMILES string of the molecule is CN=C1Sc2ccccc2C2=NCCCN12. The Morgan fingerprint density at radius 1 is 1.38 bits per heavy atom. The van der Waals surface area contributed by atoms with E-state index in [9.17, 15) is 0 Å². The maximum atomic E-state index is 4.64. The van der Waals surface area contributed by atoms with Crippen LogP contribution < -0.4 is 0 Å². The smallest absolute Gasteiger partial charge is 0.169 e. The Morgan fingerprint density at radius 2 is 2.25 bits per heavy atom. The molecule has 16 heavy (non-hydrogen) atoms. The first kappa shape index (κ1) is 9.90. The molecule has 0 saturated carbocycles. The van der Waals surface area contributed by atoms with Crippen LogP contribution in [0.25, 0.3) is 0 Å². The van der Waals surface area contributed by atoms with Crippen LogP contribution in [-0.4, -0.2) is 36.0 Å². The summed E-state index contributed by atoms with van der Waals surface area (Å²) in [7, 11) is 1.85. The number of aliphatic imine (C=N–C) groups is 2. The first-order chi connectivity index (χ1) is 7.90. The molecule has 0 radical (unpaired) electrons. The number of benzene rings is 1. The van der Waals surface area contributed by atoms with Gasteiger partial charge in [0.25, 0.3) is 0 Å². The molecule has 4 heteroatoms. The van der Waals surface area contributed by atoms with Crippen LogP contribution in [0.2, 0.25) is 0 Å². The van der Waals surface area contributed by atoms with Crippen molar-refractivity contribution in [3.63, 3.8) is 0 Å². The summed E-state index contributed by atoms with van der Waals surface area (Å²) in [5, 5.41) is 1.07. The van der Waals surface area contributed by atoms with Crippen molar-refractivity contribution in [2.75, 3.05) is 20.1 Å². The van der Waals surface area contributed by atoms with Crippen molar-refractivity contribution in [3.8, 4) is 0 Å². The van der Waals surface area contributed by atoms with Crippen LogP contribution in [0.5, 0.6) is 0 Å². The third-order valence-corrected chi connectivity index (χ3v) is 3.97. The maximum Gasteiger partial charge on any atom is 0.169 e. The molecule has 0 aromatic heterocycles. The first-order valence-electron chi connectivity index (χ1n) is 5.46. The third-order valence-electron chi connectivity index (χ3n) is 2.81. The van der Waals surface area contributed by atoms with Crippen molar-refractivity contribution < 1.29 is 0 Å². The van der Waals surface area contributed by atoms with Crippen LogP contribution in [0, 0.1) is 0 Å². The highest BCUT2D eigenvalue weighted by molar-refractivity contribution is 8.14. The highest BCUT2D eigenvalue weighted by Gasteiger charge is 2.29. The molecule has 3 rings (SSSR count). The maximum absolute atomic E-state index is 4.64. The van der Waals surface area contributed by atoms with Crippen LogP contribution in [0.3, 0.4) is 0 Å².